The lowest BCUT2D eigenvalue weighted by Gasteiger charge is -2.59. The Labute approximate surface area is 354 Å². The SMILES string of the molecule is C=CCO[C@@]12Oc3ccc(OCCN4CC4)cc3[C@H]3[C@H](CCCCO)[C@@H](CCCCO)C=C(C(=NOC4CCCCO4)C[C@@H]1N(C)S(=O)(=O)c1cccc4cccnc14)[C@H]32. The summed E-state index contributed by atoms with van der Waals surface area (Å²) in [6.07, 6.45) is 12.4. The van der Waals surface area contributed by atoms with Crippen molar-refractivity contribution in [2.24, 2.45) is 22.9 Å². The average Bonchev–Trinajstić information content (AvgIpc) is 4.10. The van der Waals surface area contributed by atoms with Gasteiger partial charge in [-0.05, 0) is 86.3 Å². The summed E-state index contributed by atoms with van der Waals surface area (Å²) in [5, 5.41) is 25.4. The highest BCUT2D eigenvalue weighted by Gasteiger charge is 2.66. The number of sulfonamides is 1. The Bertz CT molecular complexity index is 2130. The Morgan fingerprint density at radius 1 is 1.07 bits per heavy atom. The van der Waals surface area contributed by atoms with Crippen LogP contribution < -0.4 is 9.47 Å². The number of fused-ring (bicyclic) bond motifs is 3. The number of unbranched alkanes of at least 4 members (excludes halogenated alkanes) is 2. The van der Waals surface area contributed by atoms with E-state index in [2.05, 4.69) is 28.6 Å². The van der Waals surface area contributed by atoms with E-state index >= 15 is 8.42 Å². The maximum Gasteiger partial charge on any atom is 0.245 e. The lowest BCUT2D eigenvalue weighted by Crippen LogP contribution is -2.69. The number of hydrogen-bond acceptors (Lipinski definition) is 12. The number of allylic oxidation sites excluding steroid dienone is 1. The van der Waals surface area contributed by atoms with Crippen LogP contribution in [0, 0.1) is 17.8 Å². The highest BCUT2D eigenvalue weighted by atomic mass is 32.2. The lowest BCUT2D eigenvalue weighted by molar-refractivity contribution is -0.250. The van der Waals surface area contributed by atoms with Gasteiger partial charge in [-0.25, -0.2) is 8.42 Å². The fourth-order valence-electron chi connectivity index (χ4n) is 9.90. The van der Waals surface area contributed by atoms with Crippen LogP contribution in [0.5, 0.6) is 11.5 Å². The first-order valence-electron chi connectivity index (χ1n) is 21.8. The van der Waals surface area contributed by atoms with Gasteiger partial charge in [0, 0.05) is 75.8 Å². The van der Waals surface area contributed by atoms with E-state index in [0.29, 0.717) is 54.8 Å². The van der Waals surface area contributed by atoms with E-state index in [4.69, 9.17) is 28.9 Å². The molecule has 1 aromatic heterocycles. The molecule has 0 bridgehead atoms. The summed E-state index contributed by atoms with van der Waals surface area (Å²) in [7, 11) is -2.65. The fraction of sp³-hybridized carbons (Fsp3) is 0.565. The van der Waals surface area contributed by atoms with E-state index in [-0.39, 0.29) is 48.9 Å². The molecule has 14 heteroatoms. The topological polar surface area (TPSA) is 152 Å². The van der Waals surface area contributed by atoms with Crippen LogP contribution >= 0.6 is 0 Å². The Morgan fingerprint density at radius 2 is 1.88 bits per heavy atom. The van der Waals surface area contributed by atoms with Crippen LogP contribution in [0.2, 0.25) is 0 Å². The van der Waals surface area contributed by atoms with Crippen molar-refractivity contribution in [3.63, 3.8) is 0 Å². The van der Waals surface area contributed by atoms with Crippen molar-refractivity contribution >= 4 is 26.6 Å². The zero-order chi connectivity index (χ0) is 41.7. The molecule has 13 nitrogen and oxygen atoms in total. The number of pyridine rings is 1. The third kappa shape index (κ3) is 8.74. The largest absolute Gasteiger partial charge is 0.492 e. The second kappa shape index (κ2) is 19.0. The molecule has 1 saturated carbocycles. The van der Waals surface area contributed by atoms with E-state index in [9.17, 15) is 10.2 Å². The molecule has 2 aliphatic carbocycles. The first-order valence-corrected chi connectivity index (χ1v) is 23.3. The Hall–Kier alpha value is -3.89. The summed E-state index contributed by atoms with van der Waals surface area (Å²) < 4.78 is 58.3. The molecule has 60 heavy (non-hydrogen) atoms. The number of aliphatic hydroxyl groups is 2. The molecule has 3 aromatic rings. The van der Waals surface area contributed by atoms with Crippen molar-refractivity contribution in [1.29, 1.82) is 0 Å². The Kier molecular flexibility index (Phi) is 13.6. The van der Waals surface area contributed by atoms with Crippen LogP contribution in [0.15, 0.2) is 89.1 Å². The highest BCUT2D eigenvalue weighted by Crippen LogP contribution is 2.62. The third-order valence-electron chi connectivity index (χ3n) is 13.0. The van der Waals surface area contributed by atoms with Gasteiger partial charge in [0.05, 0.1) is 36.4 Å². The fourth-order valence-corrected chi connectivity index (χ4v) is 11.4. The molecule has 0 radical (unpaired) electrons. The van der Waals surface area contributed by atoms with Crippen LogP contribution in [0.4, 0.5) is 0 Å². The quantitative estimate of drug-likeness (QED) is 0.0562. The van der Waals surface area contributed by atoms with E-state index in [1.807, 2.05) is 24.3 Å². The molecule has 5 aliphatic rings. The van der Waals surface area contributed by atoms with E-state index in [0.717, 1.165) is 75.0 Å². The van der Waals surface area contributed by atoms with Gasteiger partial charge in [0.25, 0.3) is 0 Å². The molecule has 0 amide bonds. The van der Waals surface area contributed by atoms with Crippen LogP contribution in [-0.4, -0.2) is 116 Å². The van der Waals surface area contributed by atoms with Crippen molar-refractivity contribution in [2.75, 3.05) is 59.7 Å². The molecule has 3 fully saturated rings. The molecule has 3 aliphatic heterocycles. The van der Waals surface area contributed by atoms with Gasteiger partial charge in [0.15, 0.2) is 0 Å². The number of benzene rings is 2. The van der Waals surface area contributed by atoms with Crippen LogP contribution in [-0.2, 0) is 24.3 Å². The molecular weight excluding hydrogens is 785 g/mol. The van der Waals surface area contributed by atoms with Gasteiger partial charge in [-0.3, -0.25) is 9.88 Å². The molecular formula is C46H60N4O9S. The zero-order valence-electron chi connectivity index (χ0n) is 34.7. The predicted octanol–water partition coefficient (Wildman–Crippen LogP) is 6.41. The summed E-state index contributed by atoms with van der Waals surface area (Å²) in [6, 6.07) is 13.9. The number of ether oxygens (including phenoxy) is 4. The molecule has 2 saturated heterocycles. The number of aromatic nitrogens is 1. The molecule has 2 aromatic carbocycles. The summed E-state index contributed by atoms with van der Waals surface area (Å²) >= 11 is 0. The van der Waals surface area contributed by atoms with Gasteiger partial charge in [-0.2, -0.15) is 4.31 Å². The summed E-state index contributed by atoms with van der Waals surface area (Å²) in [4.78, 5) is 13.2. The minimum atomic E-state index is -4.24. The maximum absolute atomic E-state index is 15.2. The van der Waals surface area contributed by atoms with Crippen molar-refractivity contribution in [3.8, 4) is 11.5 Å². The average molecular weight is 845 g/mol. The van der Waals surface area contributed by atoms with E-state index < -0.39 is 34.1 Å². The predicted molar refractivity (Wildman–Crippen MR) is 228 cm³/mol. The zero-order valence-corrected chi connectivity index (χ0v) is 35.5. The monoisotopic (exact) mass is 844 g/mol. The first kappa shape index (κ1) is 42.8. The molecule has 7 atom stereocenters. The number of aliphatic hydroxyl groups excluding tert-OH is 2. The van der Waals surface area contributed by atoms with Gasteiger partial charge in [0.1, 0.15) is 23.0 Å². The maximum atomic E-state index is 15.2. The van der Waals surface area contributed by atoms with Crippen LogP contribution in [0.25, 0.3) is 10.9 Å². The lowest BCUT2D eigenvalue weighted by atomic mass is 9.55. The smallest absolute Gasteiger partial charge is 0.245 e. The number of hydrogen-bond donors (Lipinski definition) is 2. The van der Waals surface area contributed by atoms with Gasteiger partial charge in [-0.1, -0.05) is 48.3 Å². The Morgan fingerprint density at radius 3 is 2.65 bits per heavy atom. The second-order valence-electron chi connectivity index (χ2n) is 16.7. The normalized spacial score (nSPS) is 28.1. The summed E-state index contributed by atoms with van der Waals surface area (Å²) in [5.74, 6) is -0.858. The molecule has 8 rings (SSSR count). The van der Waals surface area contributed by atoms with Crippen LogP contribution in [0.1, 0.15) is 75.7 Å². The molecule has 4 heterocycles. The van der Waals surface area contributed by atoms with Crippen molar-refractivity contribution < 1.29 is 42.4 Å². The van der Waals surface area contributed by atoms with Gasteiger partial charge in [-0.15, -0.1) is 6.58 Å². The van der Waals surface area contributed by atoms with Gasteiger partial charge < -0.3 is 34.0 Å². The second-order valence-corrected chi connectivity index (χ2v) is 18.7. The molecule has 324 valence electrons. The number of rotatable bonds is 20. The molecule has 2 N–H and O–H groups in total. The summed E-state index contributed by atoms with van der Waals surface area (Å²) in [6.45, 7) is 8.46. The van der Waals surface area contributed by atoms with Crippen molar-refractivity contribution in [3.05, 3.63) is 84.6 Å². The number of para-hydroxylation sites is 1. The number of nitrogens with zero attached hydrogens (tertiary/aromatic N) is 4. The molecule has 0 spiro atoms. The highest BCUT2D eigenvalue weighted by molar-refractivity contribution is 7.89. The minimum absolute atomic E-state index is 0.0398. The minimum Gasteiger partial charge on any atom is -0.492 e. The van der Waals surface area contributed by atoms with Crippen LogP contribution in [0.3, 0.4) is 0 Å². The first-order chi connectivity index (χ1) is 29.3. The molecule has 1 unspecified atom stereocenters. The summed E-state index contributed by atoms with van der Waals surface area (Å²) in [5.41, 5.74) is 2.87. The van der Waals surface area contributed by atoms with E-state index in [1.165, 1.54) is 4.31 Å². The van der Waals surface area contributed by atoms with Crippen molar-refractivity contribution in [1.82, 2.24) is 14.2 Å². The Balaban J connectivity index is 1.31. The van der Waals surface area contributed by atoms with Crippen molar-refractivity contribution in [2.45, 2.75) is 93.1 Å². The third-order valence-corrected chi connectivity index (χ3v) is 14.9. The number of oxime groups is 1. The number of likely N-dealkylation sites (N-methyl/N-ethyl adjacent to an activating group) is 1. The van der Waals surface area contributed by atoms with Gasteiger partial charge in [0.2, 0.25) is 22.1 Å². The van der Waals surface area contributed by atoms with E-state index in [1.54, 1.807) is 37.5 Å². The standard InChI is InChI=1S/C46H60N4O9S/c1-3-26-57-46-41(49(2)60(53,54)40-16-10-13-32-14-11-20-47-45(32)40)31-38(48-59-42-17-6-9-27-56-42)36-29-33(12-4-7-24-51)35(15-5-8-25-52)43(44(36)46)37-30-34(18-19-39(37)58-46)55-28-23-50-21-22-50/h3,10-11,13-14,16,18-20,29-30,33,35,41-44,51-52H,1,4-9,12,15,17,21-28,31H2,2H3/t33-,35+,41-,42?,43+,44+,46+/m0/s1. The van der Waals surface area contributed by atoms with Gasteiger partial charge >= 0.3 is 0 Å².